The van der Waals surface area contributed by atoms with Gasteiger partial charge in [-0.2, -0.15) is 4.31 Å². The average Bonchev–Trinajstić information content (AvgIpc) is 3.38. The standard InChI is InChI=1S/C26H29N3O4S2/c1-2-23(30)28-24-10-19-14-29(15-22(19)34-24)35(32,33)21-5-3-20(4-6-21)27-25(31)26-11-16-7-17(12-26)9-18(8-16)13-26/h2-6,10,16-18H,1,7-9,11-15H2,(H,27,31)(H,28,30). The molecule has 4 saturated carbocycles. The summed E-state index contributed by atoms with van der Waals surface area (Å²) in [4.78, 5) is 25.9. The summed E-state index contributed by atoms with van der Waals surface area (Å²) in [6.07, 6.45) is 8.05. The van der Waals surface area contributed by atoms with Crippen LogP contribution in [0.25, 0.3) is 0 Å². The highest BCUT2D eigenvalue weighted by molar-refractivity contribution is 7.89. The van der Waals surface area contributed by atoms with Crippen LogP contribution >= 0.6 is 11.3 Å². The zero-order valence-electron chi connectivity index (χ0n) is 19.5. The van der Waals surface area contributed by atoms with Gasteiger partial charge in [-0.3, -0.25) is 9.59 Å². The zero-order chi connectivity index (χ0) is 24.4. The summed E-state index contributed by atoms with van der Waals surface area (Å²) in [5.74, 6) is 1.90. The van der Waals surface area contributed by atoms with Gasteiger partial charge in [0.2, 0.25) is 21.8 Å². The van der Waals surface area contributed by atoms with E-state index < -0.39 is 10.0 Å². The number of hydrogen-bond donors (Lipinski definition) is 2. The van der Waals surface area contributed by atoms with Crippen LogP contribution in [-0.2, 0) is 32.7 Å². The molecule has 184 valence electrons. The minimum absolute atomic E-state index is 0.107. The summed E-state index contributed by atoms with van der Waals surface area (Å²) >= 11 is 1.38. The fraction of sp³-hybridized carbons (Fsp3) is 0.462. The highest BCUT2D eigenvalue weighted by Gasteiger charge is 2.54. The summed E-state index contributed by atoms with van der Waals surface area (Å²) in [5.41, 5.74) is 1.31. The highest BCUT2D eigenvalue weighted by atomic mass is 32.2. The highest BCUT2D eigenvalue weighted by Crippen LogP contribution is 2.60. The van der Waals surface area contributed by atoms with E-state index in [1.165, 1.54) is 41.0 Å². The molecule has 4 fully saturated rings. The molecular weight excluding hydrogens is 482 g/mol. The first-order chi connectivity index (χ1) is 16.7. The Morgan fingerprint density at radius 3 is 2.20 bits per heavy atom. The first kappa shape index (κ1) is 22.9. The maximum atomic E-state index is 13.3. The number of amides is 2. The Balaban J connectivity index is 1.12. The van der Waals surface area contributed by atoms with E-state index in [9.17, 15) is 18.0 Å². The quantitative estimate of drug-likeness (QED) is 0.548. The molecule has 35 heavy (non-hydrogen) atoms. The van der Waals surface area contributed by atoms with E-state index in [1.807, 2.05) is 6.07 Å². The molecular formula is C26H29N3O4S2. The first-order valence-electron chi connectivity index (χ1n) is 12.2. The van der Waals surface area contributed by atoms with E-state index in [-0.39, 0.29) is 35.2 Å². The lowest BCUT2D eigenvalue weighted by Gasteiger charge is -2.55. The summed E-state index contributed by atoms with van der Waals surface area (Å²) in [6, 6.07) is 8.36. The largest absolute Gasteiger partial charge is 0.326 e. The second-order valence-corrected chi connectivity index (χ2v) is 13.8. The van der Waals surface area contributed by atoms with Crippen molar-refractivity contribution in [3.05, 3.63) is 53.4 Å². The molecule has 1 aromatic heterocycles. The van der Waals surface area contributed by atoms with Gasteiger partial charge in [-0.1, -0.05) is 6.58 Å². The van der Waals surface area contributed by atoms with Gasteiger partial charge in [0.15, 0.2) is 0 Å². The van der Waals surface area contributed by atoms with Crippen LogP contribution in [0.4, 0.5) is 10.7 Å². The number of hydrogen-bond acceptors (Lipinski definition) is 5. The van der Waals surface area contributed by atoms with E-state index >= 15 is 0 Å². The number of thiophene rings is 1. The SMILES string of the molecule is C=CC(=O)Nc1cc2c(s1)CN(S(=O)(=O)c1ccc(NC(=O)C34CC5CC(CC(C5)C3)C4)cc1)C2. The predicted octanol–water partition coefficient (Wildman–Crippen LogP) is 4.73. The molecule has 2 N–H and O–H groups in total. The number of fused-ring (bicyclic) bond motifs is 1. The van der Waals surface area contributed by atoms with Crippen LogP contribution in [0.2, 0.25) is 0 Å². The smallest absolute Gasteiger partial charge is 0.248 e. The van der Waals surface area contributed by atoms with Gasteiger partial charge in [0, 0.05) is 23.7 Å². The van der Waals surface area contributed by atoms with Crippen molar-refractivity contribution in [3.63, 3.8) is 0 Å². The van der Waals surface area contributed by atoms with Gasteiger partial charge in [-0.15, -0.1) is 11.3 Å². The molecule has 7 nitrogen and oxygen atoms in total. The number of sulfonamides is 1. The van der Waals surface area contributed by atoms with Crippen LogP contribution in [0.1, 0.15) is 49.0 Å². The molecule has 2 aromatic rings. The predicted molar refractivity (Wildman–Crippen MR) is 135 cm³/mol. The lowest BCUT2D eigenvalue weighted by atomic mass is 9.49. The number of carbonyl (C=O) groups is 2. The lowest BCUT2D eigenvalue weighted by molar-refractivity contribution is -0.140. The number of nitrogens with one attached hydrogen (secondary N) is 2. The Labute approximate surface area is 209 Å². The minimum Gasteiger partial charge on any atom is -0.326 e. The van der Waals surface area contributed by atoms with E-state index in [2.05, 4.69) is 17.2 Å². The van der Waals surface area contributed by atoms with Crippen LogP contribution in [0.3, 0.4) is 0 Å². The fourth-order valence-electron chi connectivity index (χ4n) is 7.06. The molecule has 5 aliphatic rings. The van der Waals surface area contributed by atoms with Crippen molar-refractivity contribution in [2.45, 2.75) is 56.5 Å². The third-order valence-electron chi connectivity index (χ3n) is 8.26. The van der Waals surface area contributed by atoms with E-state index in [0.29, 0.717) is 28.4 Å². The maximum absolute atomic E-state index is 13.3. The Morgan fingerprint density at radius 1 is 1.00 bits per heavy atom. The molecule has 2 amide bonds. The summed E-state index contributed by atoms with van der Waals surface area (Å²) in [5, 5.41) is 6.52. The van der Waals surface area contributed by atoms with Crippen LogP contribution < -0.4 is 10.6 Å². The Morgan fingerprint density at radius 2 is 1.63 bits per heavy atom. The van der Waals surface area contributed by atoms with Crippen molar-refractivity contribution in [1.82, 2.24) is 4.31 Å². The van der Waals surface area contributed by atoms with Gasteiger partial charge in [0.1, 0.15) is 0 Å². The molecule has 0 spiro atoms. The van der Waals surface area contributed by atoms with Crippen molar-refractivity contribution < 1.29 is 18.0 Å². The molecule has 1 aromatic carbocycles. The number of benzene rings is 1. The molecule has 4 bridgehead atoms. The van der Waals surface area contributed by atoms with Crippen LogP contribution in [-0.4, -0.2) is 24.5 Å². The van der Waals surface area contributed by atoms with Crippen molar-refractivity contribution >= 4 is 43.9 Å². The number of rotatable bonds is 6. The van der Waals surface area contributed by atoms with Gasteiger partial charge in [0.05, 0.1) is 15.3 Å². The van der Waals surface area contributed by atoms with Gasteiger partial charge < -0.3 is 10.6 Å². The van der Waals surface area contributed by atoms with Crippen LogP contribution in [0.15, 0.2) is 47.9 Å². The Kier molecular flexibility index (Phi) is 5.43. The average molecular weight is 512 g/mol. The summed E-state index contributed by atoms with van der Waals surface area (Å²) in [7, 11) is -3.68. The topological polar surface area (TPSA) is 95.6 Å². The van der Waals surface area contributed by atoms with Gasteiger partial charge in [0.25, 0.3) is 0 Å². The summed E-state index contributed by atoms with van der Waals surface area (Å²) in [6.45, 7) is 3.98. The molecule has 0 unspecified atom stereocenters. The lowest BCUT2D eigenvalue weighted by Crippen LogP contribution is -2.51. The number of carbonyl (C=O) groups excluding carboxylic acids is 2. The normalized spacial score (nSPS) is 29.1. The Hall–Kier alpha value is -2.49. The van der Waals surface area contributed by atoms with Crippen molar-refractivity contribution in [1.29, 1.82) is 0 Å². The van der Waals surface area contributed by atoms with Gasteiger partial charge in [-0.05, 0) is 98.2 Å². The zero-order valence-corrected chi connectivity index (χ0v) is 21.1. The molecule has 0 atom stereocenters. The number of nitrogens with zero attached hydrogens (tertiary/aromatic N) is 1. The van der Waals surface area contributed by atoms with Gasteiger partial charge in [-0.25, -0.2) is 8.42 Å². The summed E-state index contributed by atoms with van der Waals surface area (Å²) < 4.78 is 27.9. The molecule has 4 aliphatic carbocycles. The van der Waals surface area contributed by atoms with Crippen molar-refractivity contribution in [3.8, 4) is 0 Å². The molecule has 0 radical (unpaired) electrons. The maximum Gasteiger partial charge on any atom is 0.248 e. The van der Waals surface area contributed by atoms with Crippen molar-refractivity contribution in [2.75, 3.05) is 10.6 Å². The first-order valence-corrected chi connectivity index (χ1v) is 14.5. The van der Waals surface area contributed by atoms with E-state index in [4.69, 9.17) is 0 Å². The van der Waals surface area contributed by atoms with E-state index in [1.54, 1.807) is 24.3 Å². The van der Waals surface area contributed by atoms with Crippen LogP contribution in [0, 0.1) is 23.2 Å². The minimum atomic E-state index is -3.68. The molecule has 0 saturated heterocycles. The molecule has 1 aliphatic heterocycles. The molecule has 9 heteroatoms. The van der Waals surface area contributed by atoms with Crippen LogP contribution in [0.5, 0.6) is 0 Å². The number of anilines is 2. The van der Waals surface area contributed by atoms with E-state index in [0.717, 1.165) is 29.7 Å². The third kappa shape index (κ3) is 4.03. The molecule has 2 heterocycles. The third-order valence-corrected chi connectivity index (χ3v) is 11.1. The monoisotopic (exact) mass is 511 g/mol. The second-order valence-electron chi connectivity index (χ2n) is 10.7. The Bertz CT molecular complexity index is 1250. The van der Waals surface area contributed by atoms with Gasteiger partial charge >= 0.3 is 0 Å². The second kappa shape index (κ2) is 8.28. The molecule has 7 rings (SSSR count). The van der Waals surface area contributed by atoms with Crippen molar-refractivity contribution in [2.24, 2.45) is 23.2 Å². The fourth-order valence-corrected chi connectivity index (χ4v) is 9.62.